The van der Waals surface area contributed by atoms with Crippen LogP contribution in [-0.2, 0) is 4.79 Å². The maximum atomic E-state index is 11.1. The van der Waals surface area contributed by atoms with Crippen molar-refractivity contribution in [3.05, 3.63) is 27.7 Å². The van der Waals surface area contributed by atoms with Crippen molar-refractivity contribution < 1.29 is 9.90 Å². The molecule has 1 aromatic rings. The Kier molecular flexibility index (Phi) is 3.14. The Labute approximate surface area is 102 Å². The van der Waals surface area contributed by atoms with Gasteiger partial charge in [-0.15, -0.1) is 11.8 Å². The summed E-state index contributed by atoms with van der Waals surface area (Å²) < 4.78 is 0. The zero-order valence-electron chi connectivity index (χ0n) is 7.67. The van der Waals surface area contributed by atoms with E-state index in [1.54, 1.807) is 17.8 Å². The highest BCUT2D eigenvalue weighted by Crippen LogP contribution is 2.43. The minimum atomic E-state index is -0.833. The number of carboxylic acid groups (broad SMARTS) is 1. The molecule has 0 radical (unpaired) electrons. The predicted molar refractivity (Wildman–Crippen MR) is 62.2 cm³/mol. The SMILES string of the molecule is O=C(O)C1CCSc2ccc(Cl)c(Cl)c21. The molecule has 1 unspecified atom stereocenters. The Morgan fingerprint density at radius 1 is 1.47 bits per heavy atom. The number of fused-ring (bicyclic) bond motifs is 1. The first-order valence-corrected chi connectivity index (χ1v) is 6.19. The molecule has 0 aliphatic carbocycles. The van der Waals surface area contributed by atoms with E-state index < -0.39 is 11.9 Å². The van der Waals surface area contributed by atoms with Crippen LogP contribution in [0.15, 0.2) is 17.0 Å². The first-order valence-electron chi connectivity index (χ1n) is 4.44. The third kappa shape index (κ3) is 1.96. The predicted octanol–water partition coefficient (Wildman–Crippen LogP) is 3.66. The van der Waals surface area contributed by atoms with Gasteiger partial charge in [0.15, 0.2) is 0 Å². The number of hydrogen-bond donors (Lipinski definition) is 1. The summed E-state index contributed by atoms with van der Waals surface area (Å²) in [7, 11) is 0. The van der Waals surface area contributed by atoms with Crippen molar-refractivity contribution in [3.8, 4) is 0 Å². The van der Waals surface area contributed by atoms with Crippen LogP contribution < -0.4 is 0 Å². The van der Waals surface area contributed by atoms with Crippen LogP contribution in [0.4, 0.5) is 0 Å². The molecule has 1 atom stereocenters. The van der Waals surface area contributed by atoms with E-state index >= 15 is 0 Å². The van der Waals surface area contributed by atoms with Gasteiger partial charge in [-0.05, 0) is 24.3 Å². The topological polar surface area (TPSA) is 37.3 Å². The number of aliphatic carboxylic acids is 1. The fourth-order valence-electron chi connectivity index (χ4n) is 1.68. The Balaban J connectivity index is 2.58. The van der Waals surface area contributed by atoms with E-state index in [1.165, 1.54) is 0 Å². The average Bonchev–Trinajstić information content (AvgIpc) is 2.23. The molecule has 1 aromatic carbocycles. The van der Waals surface area contributed by atoms with Crippen LogP contribution in [0.1, 0.15) is 17.9 Å². The van der Waals surface area contributed by atoms with Gasteiger partial charge in [0.05, 0.1) is 16.0 Å². The minimum absolute atomic E-state index is 0.383. The summed E-state index contributed by atoms with van der Waals surface area (Å²) in [6.07, 6.45) is 0.604. The highest BCUT2D eigenvalue weighted by atomic mass is 35.5. The van der Waals surface area contributed by atoms with Crippen LogP contribution in [0.2, 0.25) is 10.0 Å². The minimum Gasteiger partial charge on any atom is -0.481 e. The van der Waals surface area contributed by atoms with Crippen molar-refractivity contribution in [2.24, 2.45) is 0 Å². The van der Waals surface area contributed by atoms with Crippen molar-refractivity contribution >= 4 is 40.9 Å². The highest BCUT2D eigenvalue weighted by molar-refractivity contribution is 7.99. The second-order valence-corrected chi connectivity index (χ2v) is 5.22. The number of thioether (sulfide) groups is 1. The van der Waals surface area contributed by atoms with E-state index in [0.717, 1.165) is 10.6 Å². The number of hydrogen-bond acceptors (Lipinski definition) is 2. The van der Waals surface area contributed by atoms with Gasteiger partial charge in [0.1, 0.15) is 0 Å². The molecular weight excluding hydrogens is 255 g/mol. The standard InChI is InChI=1S/C10H8Cl2O2S/c11-6-1-2-7-8(9(6)12)5(10(13)14)3-4-15-7/h1-2,5H,3-4H2,(H,13,14). The Morgan fingerprint density at radius 3 is 2.87 bits per heavy atom. The maximum Gasteiger partial charge on any atom is 0.311 e. The van der Waals surface area contributed by atoms with E-state index in [2.05, 4.69) is 0 Å². The Morgan fingerprint density at radius 2 is 2.20 bits per heavy atom. The van der Waals surface area contributed by atoms with E-state index in [0.29, 0.717) is 22.0 Å². The molecule has 0 bridgehead atoms. The molecule has 15 heavy (non-hydrogen) atoms. The molecule has 1 N–H and O–H groups in total. The summed E-state index contributed by atoms with van der Waals surface area (Å²) >= 11 is 13.5. The molecule has 0 aromatic heterocycles. The van der Waals surface area contributed by atoms with Crippen molar-refractivity contribution in [2.45, 2.75) is 17.2 Å². The van der Waals surface area contributed by atoms with Gasteiger partial charge in [-0.2, -0.15) is 0 Å². The molecular formula is C10H8Cl2O2S. The van der Waals surface area contributed by atoms with Gasteiger partial charge in [-0.1, -0.05) is 23.2 Å². The fraction of sp³-hybridized carbons (Fsp3) is 0.300. The zero-order valence-corrected chi connectivity index (χ0v) is 9.99. The number of rotatable bonds is 1. The zero-order chi connectivity index (χ0) is 11.0. The molecule has 0 saturated carbocycles. The lowest BCUT2D eigenvalue weighted by molar-refractivity contribution is -0.138. The van der Waals surface area contributed by atoms with E-state index in [4.69, 9.17) is 28.3 Å². The van der Waals surface area contributed by atoms with Gasteiger partial charge in [-0.25, -0.2) is 0 Å². The van der Waals surface area contributed by atoms with Crippen LogP contribution in [0.25, 0.3) is 0 Å². The molecule has 0 saturated heterocycles. The largest absolute Gasteiger partial charge is 0.481 e. The normalized spacial score (nSPS) is 19.7. The van der Waals surface area contributed by atoms with Crippen molar-refractivity contribution in [2.75, 3.05) is 5.75 Å². The molecule has 1 aliphatic heterocycles. The van der Waals surface area contributed by atoms with Crippen LogP contribution in [0.5, 0.6) is 0 Å². The first kappa shape index (κ1) is 11.1. The molecule has 0 fully saturated rings. The van der Waals surface area contributed by atoms with Gasteiger partial charge in [0, 0.05) is 10.5 Å². The number of carboxylic acids is 1. The third-order valence-corrected chi connectivity index (χ3v) is 4.33. The highest BCUT2D eigenvalue weighted by Gasteiger charge is 2.29. The molecule has 1 heterocycles. The monoisotopic (exact) mass is 262 g/mol. The Hall–Kier alpha value is -0.380. The lowest BCUT2D eigenvalue weighted by Gasteiger charge is -2.23. The van der Waals surface area contributed by atoms with Crippen LogP contribution in [0.3, 0.4) is 0 Å². The van der Waals surface area contributed by atoms with Gasteiger partial charge >= 0.3 is 5.97 Å². The van der Waals surface area contributed by atoms with Crippen molar-refractivity contribution in [1.29, 1.82) is 0 Å². The molecule has 5 heteroatoms. The quantitative estimate of drug-likeness (QED) is 0.840. The summed E-state index contributed by atoms with van der Waals surface area (Å²) in [4.78, 5) is 12.0. The fourth-order valence-corrected chi connectivity index (χ4v) is 3.33. The third-order valence-electron chi connectivity index (χ3n) is 2.40. The number of benzene rings is 1. The summed E-state index contributed by atoms with van der Waals surface area (Å²) in [5.41, 5.74) is 0.674. The van der Waals surface area contributed by atoms with Gasteiger partial charge < -0.3 is 5.11 Å². The lowest BCUT2D eigenvalue weighted by atomic mass is 9.96. The molecule has 2 nitrogen and oxygen atoms in total. The molecule has 2 rings (SSSR count). The summed E-state index contributed by atoms with van der Waals surface area (Å²) in [6.45, 7) is 0. The van der Waals surface area contributed by atoms with Crippen molar-refractivity contribution in [1.82, 2.24) is 0 Å². The molecule has 80 valence electrons. The lowest BCUT2D eigenvalue weighted by Crippen LogP contribution is -2.17. The second kappa shape index (κ2) is 4.24. The van der Waals surface area contributed by atoms with E-state index in [1.807, 2.05) is 6.07 Å². The Bertz CT molecular complexity index is 420. The summed E-state index contributed by atoms with van der Waals surface area (Å²) in [5, 5.41) is 9.89. The van der Waals surface area contributed by atoms with E-state index in [9.17, 15) is 4.79 Å². The van der Waals surface area contributed by atoms with Gasteiger partial charge in [0.25, 0.3) is 0 Å². The second-order valence-electron chi connectivity index (χ2n) is 3.30. The average molecular weight is 263 g/mol. The summed E-state index contributed by atoms with van der Waals surface area (Å²) in [5.74, 6) is -0.546. The first-order chi connectivity index (χ1) is 7.11. The molecule has 0 spiro atoms. The van der Waals surface area contributed by atoms with E-state index in [-0.39, 0.29) is 0 Å². The molecule has 0 amide bonds. The van der Waals surface area contributed by atoms with Crippen LogP contribution in [0, 0.1) is 0 Å². The summed E-state index contributed by atoms with van der Waals surface area (Å²) in [6, 6.07) is 3.54. The number of carbonyl (C=O) groups is 1. The molecule has 1 aliphatic rings. The van der Waals surface area contributed by atoms with Crippen LogP contribution in [-0.4, -0.2) is 16.8 Å². The maximum absolute atomic E-state index is 11.1. The smallest absolute Gasteiger partial charge is 0.311 e. The van der Waals surface area contributed by atoms with Gasteiger partial charge in [-0.3, -0.25) is 4.79 Å². The van der Waals surface area contributed by atoms with Gasteiger partial charge in [0.2, 0.25) is 0 Å². The number of halogens is 2. The van der Waals surface area contributed by atoms with Crippen LogP contribution >= 0.6 is 35.0 Å². The van der Waals surface area contributed by atoms with Crippen molar-refractivity contribution in [3.63, 3.8) is 0 Å².